The number of aryl methyl sites for hydroxylation is 1. The Morgan fingerprint density at radius 3 is 2.11 bits per heavy atom. The van der Waals surface area contributed by atoms with Gasteiger partial charge in [-0.15, -0.1) is 0 Å². The van der Waals surface area contributed by atoms with Gasteiger partial charge in [-0.05, 0) is 46.6 Å². The Morgan fingerprint density at radius 1 is 1.11 bits per heavy atom. The number of benzene rings is 1. The molecule has 0 atom stereocenters. The smallest absolute Gasteiger partial charge is 0.312 e. The van der Waals surface area contributed by atoms with Crippen LogP contribution < -0.4 is 0 Å². The van der Waals surface area contributed by atoms with Crippen LogP contribution in [0.4, 0.5) is 0 Å². The fourth-order valence-corrected chi connectivity index (χ4v) is 1.77. The largest absolute Gasteiger partial charge is 0.459 e. The van der Waals surface area contributed by atoms with Gasteiger partial charge in [0.15, 0.2) is 0 Å². The Labute approximate surface area is 117 Å². The van der Waals surface area contributed by atoms with Crippen molar-refractivity contribution in [2.45, 2.75) is 60.0 Å². The molecule has 0 amide bonds. The van der Waals surface area contributed by atoms with Gasteiger partial charge in [-0.2, -0.15) is 0 Å². The van der Waals surface area contributed by atoms with E-state index in [9.17, 15) is 4.79 Å². The Kier molecular flexibility index (Phi) is 4.78. The first kappa shape index (κ1) is 15.7. The van der Waals surface area contributed by atoms with Gasteiger partial charge in [0.2, 0.25) is 0 Å². The number of carbonyl (C=O) groups excluding carboxylic acids is 1. The first-order chi connectivity index (χ1) is 8.66. The molecule has 0 saturated carbocycles. The maximum atomic E-state index is 12.1. The van der Waals surface area contributed by atoms with E-state index in [-0.39, 0.29) is 5.97 Å². The molecule has 2 nitrogen and oxygen atoms in total. The van der Waals surface area contributed by atoms with Gasteiger partial charge in [0.1, 0.15) is 5.60 Å². The minimum absolute atomic E-state index is 0.118. The average molecular weight is 262 g/mol. The highest BCUT2D eigenvalue weighted by Gasteiger charge is 2.32. The van der Waals surface area contributed by atoms with Crippen LogP contribution in [0.1, 0.15) is 52.2 Å². The van der Waals surface area contributed by atoms with Gasteiger partial charge in [0.25, 0.3) is 0 Å². The molecule has 106 valence electrons. The van der Waals surface area contributed by atoms with E-state index in [0.717, 1.165) is 12.8 Å². The van der Waals surface area contributed by atoms with Crippen LogP contribution in [0.2, 0.25) is 0 Å². The van der Waals surface area contributed by atoms with Crippen LogP contribution in [0, 0.1) is 12.3 Å². The SMILES string of the molecule is CCC(C)(C)C(=O)OC(C)(C)Cc1ccc(C)cc1. The summed E-state index contributed by atoms with van der Waals surface area (Å²) in [7, 11) is 0. The average Bonchev–Trinajstić information content (AvgIpc) is 2.31. The standard InChI is InChI=1S/C17H26O2/c1-7-16(3,4)15(18)19-17(5,6)12-14-10-8-13(2)9-11-14/h8-11H,7,12H2,1-6H3. The third-order valence-electron chi connectivity index (χ3n) is 3.56. The molecular weight excluding hydrogens is 236 g/mol. The molecule has 0 radical (unpaired) electrons. The van der Waals surface area contributed by atoms with E-state index in [1.165, 1.54) is 11.1 Å². The molecule has 1 aromatic rings. The second kappa shape index (κ2) is 5.77. The molecule has 0 aliphatic rings. The predicted octanol–water partition coefficient (Wildman–Crippen LogP) is 4.30. The summed E-state index contributed by atoms with van der Waals surface area (Å²) < 4.78 is 5.69. The lowest BCUT2D eigenvalue weighted by Crippen LogP contribution is -2.36. The molecular formula is C17H26O2. The molecule has 1 aromatic carbocycles. The minimum atomic E-state index is -0.473. The van der Waals surface area contributed by atoms with Crippen molar-refractivity contribution in [3.63, 3.8) is 0 Å². The quantitative estimate of drug-likeness (QED) is 0.740. The number of hydrogen-bond acceptors (Lipinski definition) is 2. The summed E-state index contributed by atoms with van der Waals surface area (Å²) in [6, 6.07) is 8.36. The molecule has 0 aliphatic heterocycles. The van der Waals surface area contributed by atoms with Gasteiger partial charge in [0.05, 0.1) is 5.41 Å². The van der Waals surface area contributed by atoms with Crippen molar-refractivity contribution in [2.75, 3.05) is 0 Å². The normalized spacial score (nSPS) is 12.3. The van der Waals surface area contributed by atoms with Crippen molar-refractivity contribution in [3.8, 4) is 0 Å². The highest BCUT2D eigenvalue weighted by atomic mass is 16.6. The monoisotopic (exact) mass is 262 g/mol. The zero-order chi connectivity index (χ0) is 14.7. The van der Waals surface area contributed by atoms with Crippen LogP contribution in [0.25, 0.3) is 0 Å². The van der Waals surface area contributed by atoms with E-state index in [1.54, 1.807) is 0 Å². The van der Waals surface area contributed by atoms with Crippen molar-refractivity contribution < 1.29 is 9.53 Å². The van der Waals surface area contributed by atoms with Gasteiger partial charge in [-0.1, -0.05) is 36.8 Å². The molecule has 0 aromatic heterocycles. The van der Waals surface area contributed by atoms with Crippen LogP contribution in [-0.2, 0) is 16.0 Å². The van der Waals surface area contributed by atoms with E-state index < -0.39 is 11.0 Å². The highest BCUT2D eigenvalue weighted by molar-refractivity contribution is 5.76. The number of carbonyl (C=O) groups is 1. The summed E-state index contributed by atoms with van der Waals surface area (Å²) in [6.45, 7) is 11.9. The number of ether oxygens (including phenoxy) is 1. The third kappa shape index (κ3) is 4.70. The molecule has 0 unspecified atom stereocenters. The first-order valence-electron chi connectivity index (χ1n) is 6.95. The molecule has 0 heterocycles. The molecule has 0 N–H and O–H groups in total. The summed E-state index contributed by atoms with van der Waals surface area (Å²) in [5.74, 6) is -0.118. The lowest BCUT2D eigenvalue weighted by atomic mass is 9.89. The fraction of sp³-hybridized carbons (Fsp3) is 0.588. The molecule has 0 saturated heterocycles. The lowest BCUT2D eigenvalue weighted by Gasteiger charge is -2.30. The third-order valence-corrected chi connectivity index (χ3v) is 3.56. The molecule has 1 rings (SSSR count). The van der Waals surface area contributed by atoms with E-state index in [0.29, 0.717) is 0 Å². The van der Waals surface area contributed by atoms with Gasteiger partial charge >= 0.3 is 5.97 Å². The topological polar surface area (TPSA) is 26.3 Å². The van der Waals surface area contributed by atoms with Crippen LogP contribution in [0.3, 0.4) is 0 Å². The molecule has 19 heavy (non-hydrogen) atoms. The molecule has 0 fully saturated rings. The molecule has 0 spiro atoms. The van der Waals surface area contributed by atoms with Gasteiger partial charge in [-0.3, -0.25) is 4.79 Å². The van der Waals surface area contributed by atoms with Crippen LogP contribution >= 0.6 is 0 Å². The summed E-state index contributed by atoms with van der Waals surface area (Å²) in [5.41, 5.74) is 1.55. The van der Waals surface area contributed by atoms with E-state index in [1.807, 2.05) is 34.6 Å². The summed E-state index contributed by atoms with van der Waals surface area (Å²) in [6.07, 6.45) is 1.52. The molecule has 0 aliphatic carbocycles. The second-order valence-electron chi connectivity index (χ2n) is 6.55. The van der Waals surface area contributed by atoms with E-state index in [4.69, 9.17) is 4.74 Å². The summed E-state index contributed by atoms with van der Waals surface area (Å²) in [4.78, 5) is 12.1. The number of hydrogen-bond donors (Lipinski definition) is 0. The zero-order valence-electron chi connectivity index (χ0n) is 13.0. The number of esters is 1. The van der Waals surface area contributed by atoms with Crippen molar-refractivity contribution in [1.29, 1.82) is 0 Å². The number of rotatable bonds is 5. The Balaban J connectivity index is 2.71. The van der Waals surface area contributed by atoms with Crippen molar-refractivity contribution in [2.24, 2.45) is 5.41 Å². The second-order valence-corrected chi connectivity index (χ2v) is 6.55. The maximum absolute atomic E-state index is 12.1. The lowest BCUT2D eigenvalue weighted by molar-refractivity contribution is -0.167. The van der Waals surface area contributed by atoms with Gasteiger partial charge in [-0.25, -0.2) is 0 Å². The Morgan fingerprint density at radius 2 is 1.63 bits per heavy atom. The van der Waals surface area contributed by atoms with Crippen LogP contribution in [-0.4, -0.2) is 11.6 Å². The van der Waals surface area contributed by atoms with Gasteiger partial charge < -0.3 is 4.74 Å². The summed E-state index contributed by atoms with van der Waals surface area (Å²) in [5, 5.41) is 0. The van der Waals surface area contributed by atoms with E-state index in [2.05, 4.69) is 31.2 Å². The Bertz CT molecular complexity index is 427. The van der Waals surface area contributed by atoms with Crippen molar-refractivity contribution >= 4 is 5.97 Å². The van der Waals surface area contributed by atoms with Crippen molar-refractivity contribution in [1.82, 2.24) is 0 Å². The van der Waals surface area contributed by atoms with Crippen molar-refractivity contribution in [3.05, 3.63) is 35.4 Å². The Hall–Kier alpha value is -1.31. The van der Waals surface area contributed by atoms with Gasteiger partial charge in [0, 0.05) is 6.42 Å². The molecule has 0 bridgehead atoms. The summed E-state index contributed by atoms with van der Waals surface area (Å²) >= 11 is 0. The van der Waals surface area contributed by atoms with E-state index >= 15 is 0 Å². The highest BCUT2D eigenvalue weighted by Crippen LogP contribution is 2.26. The maximum Gasteiger partial charge on any atom is 0.312 e. The van der Waals surface area contributed by atoms with Crippen LogP contribution in [0.15, 0.2) is 24.3 Å². The first-order valence-corrected chi connectivity index (χ1v) is 6.95. The fourth-order valence-electron chi connectivity index (χ4n) is 1.77. The van der Waals surface area contributed by atoms with Crippen LogP contribution in [0.5, 0.6) is 0 Å². The molecule has 2 heteroatoms. The predicted molar refractivity (Wildman–Crippen MR) is 79.1 cm³/mol. The zero-order valence-corrected chi connectivity index (χ0v) is 13.0. The minimum Gasteiger partial charge on any atom is -0.459 e.